The van der Waals surface area contributed by atoms with E-state index in [1.54, 1.807) is 38.1 Å². The number of benzene rings is 1. The second-order valence-electron chi connectivity index (χ2n) is 6.44. The molecule has 0 aromatic heterocycles. The van der Waals surface area contributed by atoms with Crippen LogP contribution in [0.3, 0.4) is 0 Å². The van der Waals surface area contributed by atoms with Crippen LogP contribution in [-0.2, 0) is 4.79 Å². The normalized spacial score (nSPS) is 22.2. The summed E-state index contributed by atoms with van der Waals surface area (Å²) in [4.78, 5) is 12.4. The molecule has 0 heterocycles. The van der Waals surface area contributed by atoms with E-state index in [1.807, 2.05) is 0 Å². The van der Waals surface area contributed by atoms with Gasteiger partial charge in [-0.15, -0.1) is 0 Å². The van der Waals surface area contributed by atoms with Gasteiger partial charge in [-0.05, 0) is 69.7 Å². The van der Waals surface area contributed by atoms with E-state index in [9.17, 15) is 4.79 Å². The number of amides is 1. The standard InChI is InChI=1S/C17H24ClNO3/c1-17(2,22-15-9-5-13(18)6-10-15)16(21)19-14-7-3-12(11-20)4-8-14/h5-6,9-10,12,14,20H,3-4,7-8,11H2,1-2H3,(H,19,21). The summed E-state index contributed by atoms with van der Waals surface area (Å²) in [7, 11) is 0. The summed E-state index contributed by atoms with van der Waals surface area (Å²) in [6.07, 6.45) is 3.74. The Bertz CT molecular complexity index is 493. The number of ether oxygens (including phenoxy) is 1. The maximum absolute atomic E-state index is 12.4. The Morgan fingerprint density at radius 2 is 1.86 bits per heavy atom. The molecule has 5 heteroatoms. The molecule has 4 nitrogen and oxygen atoms in total. The Kier molecular flexibility index (Phi) is 5.70. The molecule has 0 unspecified atom stereocenters. The average molecular weight is 326 g/mol. The predicted octanol–water partition coefficient (Wildman–Crippen LogP) is 3.16. The van der Waals surface area contributed by atoms with Crippen LogP contribution >= 0.6 is 11.6 Å². The fraction of sp³-hybridized carbons (Fsp3) is 0.588. The Balaban J connectivity index is 1.88. The largest absolute Gasteiger partial charge is 0.478 e. The number of nitrogens with one attached hydrogen (secondary N) is 1. The van der Waals surface area contributed by atoms with Crippen molar-refractivity contribution in [2.24, 2.45) is 5.92 Å². The van der Waals surface area contributed by atoms with Gasteiger partial charge in [-0.1, -0.05) is 11.6 Å². The topological polar surface area (TPSA) is 58.6 Å². The number of carbonyl (C=O) groups is 1. The Labute approximate surface area is 136 Å². The van der Waals surface area contributed by atoms with E-state index < -0.39 is 5.60 Å². The summed E-state index contributed by atoms with van der Waals surface area (Å²) in [5, 5.41) is 12.9. The van der Waals surface area contributed by atoms with Gasteiger partial charge in [0.15, 0.2) is 5.60 Å². The van der Waals surface area contributed by atoms with Crippen molar-refractivity contribution in [1.29, 1.82) is 0 Å². The van der Waals surface area contributed by atoms with Crippen molar-refractivity contribution in [1.82, 2.24) is 5.32 Å². The molecule has 1 amide bonds. The van der Waals surface area contributed by atoms with E-state index in [0.717, 1.165) is 25.7 Å². The molecule has 1 fully saturated rings. The summed E-state index contributed by atoms with van der Waals surface area (Å²) < 4.78 is 5.79. The molecule has 122 valence electrons. The molecular weight excluding hydrogens is 302 g/mol. The second-order valence-corrected chi connectivity index (χ2v) is 6.88. The minimum Gasteiger partial charge on any atom is -0.478 e. The number of rotatable bonds is 5. The lowest BCUT2D eigenvalue weighted by molar-refractivity contribution is -0.135. The molecule has 1 aromatic carbocycles. The third kappa shape index (κ3) is 4.62. The molecule has 1 aromatic rings. The number of carbonyl (C=O) groups excluding carboxylic acids is 1. The molecule has 0 saturated heterocycles. The molecule has 2 N–H and O–H groups in total. The van der Waals surface area contributed by atoms with Crippen molar-refractivity contribution < 1.29 is 14.6 Å². The quantitative estimate of drug-likeness (QED) is 0.874. The zero-order valence-electron chi connectivity index (χ0n) is 13.1. The van der Waals surface area contributed by atoms with Gasteiger partial charge in [0.25, 0.3) is 5.91 Å². The molecule has 0 spiro atoms. The van der Waals surface area contributed by atoms with Gasteiger partial charge in [0, 0.05) is 17.7 Å². The summed E-state index contributed by atoms with van der Waals surface area (Å²) in [6, 6.07) is 7.15. The lowest BCUT2D eigenvalue weighted by Gasteiger charge is -2.32. The summed E-state index contributed by atoms with van der Waals surface area (Å²) in [5.74, 6) is 0.884. The van der Waals surface area contributed by atoms with Crippen molar-refractivity contribution >= 4 is 17.5 Å². The molecule has 0 aliphatic heterocycles. The van der Waals surface area contributed by atoms with Crippen LogP contribution in [-0.4, -0.2) is 29.3 Å². The van der Waals surface area contributed by atoms with E-state index in [1.165, 1.54) is 0 Å². The minimum absolute atomic E-state index is 0.116. The van der Waals surface area contributed by atoms with E-state index in [4.69, 9.17) is 21.4 Å². The number of hydrogen-bond acceptors (Lipinski definition) is 3. The van der Waals surface area contributed by atoms with Crippen molar-refractivity contribution in [3.05, 3.63) is 29.3 Å². The summed E-state index contributed by atoms with van der Waals surface area (Å²) in [6.45, 7) is 3.76. The predicted molar refractivity (Wildman–Crippen MR) is 87.1 cm³/mol. The lowest BCUT2D eigenvalue weighted by Crippen LogP contribution is -2.50. The van der Waals surface area contributed by atoms with Gasteiger partial charge < -0.3 is 15.2 Å². The summed E-state index contributed by atoms with van der Waals surface area (Å²) in [5.41, 5.74) is -0.943. The van der Waals surface area contributed by atoms with Crippen molar-refractivity contribution in [3.63, 3.8) is 0 Å². The van der Waals surface area contributed by atoms with E-state index >= 15 is 0 Å². The second kappa shape index (κ2) is 7.34. The highest BCUT2D eigenvalue weighted by Gasteiger charge is 2.32. The zero-order chi connectivity index (χ0) is 16.2. The molecule has 0 bridgehead atoms. The number of aliphatic hydroxyl groups excluding tert-OH is 1. The van der Waals surface area contributed by atoms with Gasteiger partial charge in [-0.25, -0.2) is 0 Å². The SMILES string of the molecule is CC(C)(Oc1ccc(Cl)cc1)C(=O)NC1CCC(CO)CC1. The first-order chi connectivity index (χ1) is 10.4. The minimum atomic E-state index is -0.943. The fourth-order valence-corrected chi connectivity index (χ4v) is 2.82. The molecule has 1 aliphatic carbocycles. The van der Waals surface area contributed by atoms with Crippen LogP contribution in [0.15, 0.2) is 24.3 Å². The van der Waals surface area contributed by atoms with E-state index in [0.29, 0.717) is 16.7 Å². The Morgan fingerprint density at radius 1 is 1.27 bits per heavy atom. The Morgan fingerprint density at radius 3 is 2.41 bits per heavy atom. The van der Waals surface area contributed by atoms with Crippen molar-refractivity contribution in [2.75, 3.05) is 6.61 Å². The van der Waals surface area contributed by atoms with Crippen LogP contribution in [0, 0.1) is 5.92 Å². The van der Waals surface area contributed by atoms with Crippen LogP contribution in [0.2, 0.25) is 5.02 Å². The average Bonchev–Trinajstić information content (AvgIpc) is 2.50. The van der Waals surface area contributed by atoms with Gasteiger partial charge in [-0.2, -0.15) is 0 Å². The molecule has 1 aliphatic rings. The first-order valence-electron chi connectivity index (χ1n) is 7.77. The first-order valence-corrected chi connectivity index (χ1v) is 8.15. The fourth-order valence-electron chi connectivity index (χ4n) is 2.69. The third-order valence-electron chi connectivity index (χ3n) is 4.17. The number of hydrogen-bond donors (Lipinski definition) is 2. The maximum atomic E-state index is 12.4. The maximum Gasteiger partial charge on any atom is 0.263 e. The monoisotopic (exact) mass is 325 g/mol. The van der Waals surface area contributed by atoms with Gasteiger partial charge in [0.2, 0.25) is 0 Å². The highest BCUT2D eigenvalue weighted by Crippen LogP contribution is 2.25. The van der Waals surface area contributed by atoms with Gasteiger partial charge in [0.05, 0.1) is 0 Å². The van der Waals surface area contributed by atoms with E-state index in [-0.39, 0.29) is 18.6 Å². The molecule has 22 heavy (non-hydrogen) atoms. The number of halogens is 1. The molecular formula is C17H24ClNO3. The van der Waals surface area contributed by atoms with Crippen LogP contribution in [0.4, 0.5) is 0 Å². The van der Waals surface area contributed by atoms with Crippen LogP contribution in [0.25, 0.3) is 0 Å². The molecule has 2 rings (SSSR count). The van der Waals surface area contributed by atoms with Gasteiger partial charge in [0.1, 0.15) is 5.75 Å². The van der Waals surface area contributed by atoms with Crippen LogP contribution in [0.1, 0.15) is 39.5 Å². The highest BCUT2D eigenvalue weighted by atomic mass is 35.5. The molecule has 1 saturated carbocycles. The van der Waals surface area contributed by atoms with Crippen LogP contribution < -0.4 is 10.1 Å². The van der Waals surface area contributed by atoms with Crippen LogP contribution in [0.5, 0.6) is 5.75 Å². The lowest BCUT2D eigenvalue weighted by atomic mass is 9.86. The molecule has 0 atom stereocenters. The summed E-state index contributed by atoms with van der Waals surface area (Å²) >= 11 is 5.85. The highest BCUT2D eigenvalue weighted by molar-refractivity contribution is 6.30. The molecule has 0 radical (unpaired) electrons. The number of aliphatic hydroxyl groups is 1. The van der Waals surface area contributed by atoms with Crippen molar-refractivity contribution in [2.45, 2.75) is 51.2 Å². The van der Waals surface area contributed by atoms with Crippen molar-refractivity contribution in [3.8, 4) is 5.75 Å². The van der Waals surface area contributed by atoms with Gasteiger partial charge in [-0.3, -0.25) is 4.79 Å². The third-order valence-corrected chi connectivity index (χ3v) is 4.43. The zero-order valence-corrected chi connectivity index (χ0v) is 13.9. The smallest absolute Gasteiger partial charge is 0.263 e. The van der Waals surface area contributed by atoms with Gasteiger partial charge >= 0.3 is 0 Å². The Hall–Kier alpha value is -1.26. The first kappa shape index (κ1) is 17.1. The van der Waals surface area contributed by atoms with E-state index in [2.05, 4.69) is 5.32 Å².